The van der Waals surface area contributed by atoms with Crippen LogP contribution in [0.5, 0.6) is 0 Å². The Labute approximate surface area is 99.7 Å². The fraction of sp³-hybridized carbons (Fsp3) is 0.385. The van der Waals surface area contributed by atoms with Gasteiger partial charge in [0.25, 0.3) is 0 Å². The summed E-state index contributed by atoms with van der Waals surface area (Å²) in [5, 5.41) is 0. The molecule has 1 saturated heterocycles. The monoisotopic (exact) mass is 235 g/mol. The van der Waals surface area contributed by atoms with Crippen LogP contribution in [-0.2, 0) is 16.1 Å². The molecule has 1 aromatic carbocycles. The van der Waals surface area contributed by atoms with Crippen molar-refractivity contribution in [1.29, 1.82) is 0 Å². The van der Waals surface area contributed by atoms with Crippen molar-refractivity contribution in [3.8, 4) is 11.8 Å². The van der Waals surface area contributed by atoms with Crippen molar-refractivity contribution >= 4 is 0 Å². The highest BCUT2D eigenvalue weighted by Gasteiger charge is 2.18. The van der Waals surface area contributed by atoms with Crippen molar-refractivity contribution in [3.63, 3.8) is 0 Å². The largest absolute Gasteiger partial charge is 0.376 e. The number of rotatable bonds is 3. The van der Waals surface area contributed by atoms with E-state index in [9.17, 15) is 4.39 Å². The van der Waals surface area contributed by atoms with Crippen LogP contribution in [0.1, 0.15) is 11.1 Å². The second-order valence-electron chi connectivity index (χ2n) is 3.82. The molecular formula is C13H14FNO2. The van der Waals surface area contributed by atoms with E-state index >= 15 is 0 Å². The van der Waals surface area contributed by atoms with Crippen LogP contribution in [0.2, 0.25) is 0 Å². The summed E-state index contributed by atoms with van der Waals surface area (Å²) in [4.78, 5) is 0. The Hall–Kier alpha value is -1.41. The molecule has 0 unspecified atom stereocenters. The van der Waals surface area contributed by atoms with Crippen LogP contribution in [-0.4, -0.2) is 25.9 Å². The third kappa shape index (κ3) is 3.53. The zero-order chi connectivity index (χ0) is 12.1. The van der Waals surface area contributed by atoms with Crippen LogP contribution in [0, 0.1) is 17.7 Å². The number of halogens is 1. The van der Waals surface area contributed by atoms with Gasteiger partial charge in [-0.2, -0.15) is 0 Å². The van der Waals surface area contributed by atoms with Crippen molar-refractivity contribution in [3.05, 3.63) is 35.1 Å². The molecule has 0 bridgehead atoms. The molecule has 0 spiro atoms. The van der Waals surface area contributed by atoms with E-state index in [0.717, 1.165) is 5.56 Å². The summed E-state index contributed by atoms with van der Waals surface area (Å²) < 4.78 is 23.8. The minimum Gasteiger partial charge on any atom is -0.376 e. The van der Waals surface area contributed by atoms with Crippen molar-refractivity contribution < 1.29 is 13.9 Å². The summed E-state index contributed by atoms with van der Waals surface area (Å²) in [5.41, 5.74) is 6.67. The summed E-state index contributed by atoms with van der Waals surface area (Å²) in [6.07, 6.45) is 0.136. The number of hydrogen-bond donors (Lipinski definition) is 1. The van der Waals surface area contributed by atoms with Gasteiger partial charge in [-0.15, -0.1) is 0 Å². The lowest BCUT2D eigenvalue weighted by Gasteiger charge is -2.25. The van der Waals surface area contributed by atoms with Gasteiger partial charge in [0.15, 0.2) is 0 Å². The van der Waals surface area contributed by atoms with E-state index in [0.29, 0.717) is 25.4 Å². The Morgan fingerprint density at radius 3 is 2.88 bits per heavy atom. The Morgan fingerprint density at radius 1 is 1.41 bits per heavy atom. The van der Waals surface area contributed by atoms with E-state index in [1.807, 2.05) is 6.07 Å². The van der Waals surface area contributed by atoms with Gasteiger partial charge in [0.05, 0.1) is 26.4 Å². The molecule has 0 amide bonds. The minimum atomic E-state index is -0.308. The van der Waals surface area contributed by atoms with Gasteiger partial charge in [-0.3, -0.25) is 0 Å². The summed E-state index contributed by atoms with van der Waals surface area (Å²) in [5.74, 6) is 5.19. The fourth-order valence-electron chi connectivity index (χ4n) is 1.48. The highest BCUT2D eigenvalue weighted by molar-refractivity contribution is 5.37. The van der Waals surface area contributed by atoms with Crippen molar-refractivity contribution in [2.45, 2.75) is 12.7 Å². The molecule has 90 valence electrons. The average molecular weight is 235 g/mol. The maximum absolute atomic E-state index is 13.3. The van der Waals surface area contributed by atoms with Gasteiger partial charge in [-0.1, -0.05) is 11.8 Å². The lowest BCUT2D eigenvalue weighted by atomic mass is 10.1. The lowest BCUT2D eigenvalue weighted by Crippen LogP contribution is -2.35. The van der Waals surface area contributed by atoms with Gasteiger partial charge in [0.2, 0.25) is 0 Å². The second-order valence-corrected chi connectivity index (χ2v) is 3.82. The molecule has 0 aliphatic carbocycles. The van der Waals surface area contributed by atoms with E-state index < -0.39 is 0 Å². The molecule has 2 N–H and O–H groups in total. The topological polar surface area (TPSA) is 44.5 Å². The van der Waals surface area contributed by atoms with E-state index in [4.69, 9.17) is 15.2 Å². The van der Waals surface area contributed by atoms with E-state index in [1.54, 1.807) is 0 Å². The first-order valence-electron chi connectivity index (χ1n) is 5.45. The number of nitrogens with two attached hydrogens (primary N) is 1. The van der Waals surface area contributed by atoms with E-state index in [-0.39, 0.29) is 18.5 Å². The quantitative estimate of drug-likeness (QED) is 0.796. The predicted molar refractivity (Wildman–Crippen MR) is 61.7 cm³/mol. The first-order chi connectivity index (χ1) is 8.28. The molecule has 0 saturated carbocycles. The molecule has 0 atom stereocenters. The molecule has 0 radical (unpaired) electrons. The molecule has 1 aliphatic heterocycles. The van der Waals surface area contributed by atoms with Gasteiger partial charge in [0.1, 0.15) is 11.9 Å². The van der Waals surface area contributed by atoms with Crippen LogP contribution in [0.3, 0.4) is 0 Å². The van der Waals surface area contributed by atoms with Gasteiger partial charge < -0.3 is 15.2 Å². The highest BCUT2D eigenvalue weighted by Crippen LogP contribution is 2.13. The van der Waals surface area contributed by atoms with Crippen molar-refractivity contribution in [1.82, 2.24) is 0 Å². The summed E-state index contributed by atoms with van der Waals surface area (Å²) >= 11 is 0. The number of benzene rings is 1. The maximum atomic E-state index is 13.3. The van der Waals surface area contributed by atoms with Gasteiger partial charge >= 0.3 is 0 Å². The molecule has 0 aromatic heterocycles. The maximum Gasteiger partial charge on any atom is 0.124 e. The van der Waals surface area contributed by atoms with Crippen LogP contribution < -0.4 is 5.73 Å². The molecule has 1 fully saturated rings. The molecule has 2 rings (SSSR count). The predicted octanol–water partition coefficient (Wildman–Crippen LogP) is 1.05. The van der Waals surface area contributed by atoms with Crippen molar-refractivity contribution in [2.75, 3.05) is 19.8 Å². The molecule has 4 heteroatoms. The molecule has 17 heavy (non-hydrogen) atoms. The Morgan fingerprint density at radius 2 is 2.24 bits per heavy atom. The molecule has 1 aromatic rings. The summed E-state index contributed by atoms with van der Waals surface area (Å²) in [6, 6.07) is 4.65. The Balaban J connectivity index is 2.02. The summed E-state index contributed by atoms with van der Waals surface area (Å²) in [6.45, 7) is 1.88. The second kappa shape index (κ2) is 5.78. The van der Waals surface area contributed by atoms with Crippen LogP contribution in [0.4, 0.5) is 4.39 Å². The van der Waals surface area contributed by atoms with Crippen molar-refractivity contribution in [2.24, 2.45) is 5.73 Å². The normalized spacial score (nSPS) is 14.9. The average Bonchev–Trinajstić information content (AvgIpc) is 2.23. The standard InChI is InChI=1S/C13H14FNO2/c14-12-5-10(2-1-3-15)4-11(6-12)7-17-13-8-16-9-13/h4-6,13H,3,7-9,15H2. The van der Waals surface area contributed by atoms with Gasteiger partial charge in [-0.25, -0.2) is 4.39 Å². The first-order valence-corrected chi connectivity index (χ1v) is 5.45. The lowest BCUT2D eigenvalue weighted by molar-refractivity contribution is -0.135. The SMILES string of the molecule is NCC#Cc1cc(F)cc(COC2COC2)c1. The number of ether oxygens (including phenoxy) is 2. The Kier molecular flexibility index (Phi) is 4.10. The fourth-order valence-corrected chi connectivity index (χ4v) is 1.48. The molecule has 3 nitrogen and oxygen atoms in total. The van der Waals surface area contributed by atoms with Crippen LogP contribution >= 0.6 is 0 Å². The summed E-state index contributed by atoms with van der Waals surface area (Å²) in [7, 11) is 0. The molecular weight excluding hydrogens is 221 g/mol. The number of hydrogen-bond acceptors (Lipinski definition) is 3. The van der Waals surface area contributed by atoms with Crippen LogP contribution in [0.25, 0.3) is 0 Å². The Bertz CT molecular complexity index is 446. The van der Waals surface area contributed by atoms with Crippen LogP contribution in [0.15, 0.2) is 18.2 Å². The zero-order valence-electron chi connectivity index (χ0n) is 9.41. The first kappa shape index (κ1) is 12.1. The third-order valence-electron chi connectivity index (χ3n) is 2.39. The van der Waals surface area contributed by atoms with E-state index in [2.05, 4.69) is 11.8 Å². The van der Waals surface area contributed by atoms with Gasteiger partial charge in [-0.05, 0) is 23.8 Å². The smallest absolute Gasteiger partial charge is 0.124 e. The molecule has 1 aliphatic rings. The minimum absolute atomic E-state index is 0.136. The van der Waals surface area contributed by atoms with E-state index in [1.165, 1.54) is 12.1 Å². The highest BCUT2D eigenvalue weighted by atomic mass is 19.1. The zero-order valence-corrected chi connectivity index (χ0v) is 9.41. The third-order valence-corrected chi connectivity index (χ3v) is 2.39. The van der Waals surface area contributed by atoms with Gasteiger partial charge in [0, 0.05) is 5.56 Å². The molecule has 1 heterocycles.